The lowest BCUT2D eigenvalue weighted by atomic mass is 10.1. The summed E-state index contributed by atoms with van der Waals surface area (Å²) in [7, 11) is 0. The molecule has 0 saturated carbocycles. The van der Waals surface area contributed by atoms with Crippen molar-refractivity contribution in [2.45, 2.75) is 13.8 Å². The Morgan fingerprint density at radius 3 is 2.52 bits per heavy atom. The molecular weight excluding hydrogens is 305 g/mol. The summed E-state index contributed by atoms with van der Waals surface area (Å²) >= 11 is 12.0. The van der Waals surface area contributed by atoms with E-state index < -0.39 is 0 Å². The summed E-state index contributed by atoms with van der Waals surface area (Å²) in [5.74, 6) is -0.0346. The molecule has 0 aromatic heterocycles. The van der Waals surface area contributed by atoms with Crippen molar-refractivity contribution in [2.75, 3.05) is 18.0 Å². The summed E-state index contributed by atoms with van der Waals surface area (Å²) in [4.78, 5) is 14.5. The maximum Gasteiger partial charge on any atom is 0.183 e. The molecule has 0 amide bonds. The summed E-state index contributed by atoms with van der Waals surface area (Å²) in [6, 6.07) is 13.0. The second-order valence-corrected chi connectivity index (χ2v) is 5.69. The van der Waals surface area contributed by atoms with Crippen LogP contribution in [0.15, 0.2) is 42.5 Å². The van der Waals surface area contributed by atoms with Crippen molar-refractivity contribution >= 4 is 34.7 Å². The van der Waals surface area contributed by atoms with Crippen LogP contribution in [0.25, 0.3) is 0 Å². The van der Waals surface area contributed by atoms with Gasteiger partial charge in [-0.05, 0) is 43.7 Å². The van der Waals surface area contributed by atoms with E-state index in [1.165, 1.54) is 0 Å². The molecule has 0 aliphatic heterocycles. The number of rotatable bonds is 5. The van der Waals surface area contributed by atoms with Gasteiger partial charge < -0.3 is 4.90 Å². The van der Waals surface area contributed by atoms with Crippen LogP contribution in [-0.2, 0) is 0 Å². The SMILES string of the molecule is CCN(CC(=O)c1cc(Cl)ccc1Cl)c1ccccc1C. The average Bonchev–Trinajstić information content (AvgIpc) is 2.48. The van der Waals surface area contributed by atoms with Gasteiger partial charge in [0.2, 0.25) is 0 Å². The van der Waals surface area contributed by atoms with E-state index in [1.54, 1.807) is 18.2 Å². The number of likely N-dealkylation sites (N-methyl/N-ethyl adjacent to an activating group) is 1. The van der Waals surface area contributed by atoms with Crippen molar-refractivity contribution in [3.8, 4) is 0 Å². The Kier molecular flexibility index (Phi) is 5.27. The molecule has 0 atom stereocenters. The quantitative estimate of drug-likeness (QED) is 0.721. The normalized spacial score (nSPS) is 10.5. The molecule has 0 aliphatic rings. The number of ketones is 1. The molecule has 0 saturated heterocycles. The van der Waals surface area contributed by atoms with Gasteiger partial charge in [-0.1, -0.05) is 41.4 Å². The van der Waals surface area contributed by atoms with Gasteiger partial charge in [0, 0.05) is 22.8 Å². The van der Waals surface area contributed by atoms with Gasteiger partial charge >= 0.3 is 0 Å². The second kappa shape index (κ2) is 6.97. The monoisotopic (exact) mass is 321 g/mol. The van der Waals surface area contributed by atoms with Crippen molar-refractivity contribution in [2.24, 2.45) is 0 Å². The highest BCUT2D eigenvalue weighted by Gasteiger charge is 2.16. The zero-order chi connectivity index (χ0) is 15.4. The van der Waals surface area contributed by atoms with E-state index in [1.807, 2.05) is 43.0 Å². The van der Waals surface area contributed by atoms with E-state index in [2.05, 4.69) is 0 Å². The van der Waals surface area contributed by atoms with E-state index in [0.717, 1.165) is 17.8 Å². The molecule has 0 fully saturated rings. The van der Waals surface area contributed by atoms with Crippen LogP contribution in [-0.4, -0.2) is 18.9 Å². The molecule has 0 aliphatic carbocycles. The Morgan fingerprint density at radius 1 is 1.14 bits per heavy atom. The number of halogens is 2. The van der Waals surface area contributed by atoms with Gasteiger partial charge in [-0.3, -0.25) is 4.79 Å². The Morgan fingerprint density at radius 2 is 1.86 bits per heavy atom. The standard InChI is InChI=1S/C17H17Cl2NO/c1-3-20(16-7-5-4-6-12(16)2)11-17(21)14-10-13(18)8-9-15(14)19/h4-10H,3,11H2,1-2H3. The molecule has 2 aromatic rings. The minimum Gasteiger partial charge on any atom is -0.364 e. The highest BCUT2D eigenvalue weighted by atomic mass is 35.5. The third kappa shape index (κ3) is 3.78. The molecule has 0 spiro atoms. The third-order valence-electron chi connectivity index (χ3n) is 3.40. The predicted molar refractivity (Wildman–Crippen MR) is 89.9 cm³/mol. The number of hydrogen-bond donors (Lipinski definition) is 0. The summed E-state index contributed by atoms with van der Waals surface area (Å²) in [5, 5.41) is 0.951. The van der Waals surface area contributed by atoms with E-state index >= 15 is 0 Å². The molecule has 0 heterocycles. The number of anilines is 1. The van der Waals surface area contributed by atoms with Crippen LogP contribution in [0.4, 0.5) is 5.69 Å². The van der Waals surface area contributed by atoms with Gasteiger partial charge in [0.25, 0.3) is 0 Å². The van der Waals surface area contributed by atoms with Crippen molar-refractivity contribution in [1.82, 2.24) is 0 Å². The van der Waals surface area contributed by atoms with Crippen LogP contribution < -0.4 is 4.90 Å². The molecule has 4 heteroatoms. The Hall–Kier alpha value is -1.51. The maximum atomic E-state index is 12.5. The molecular formula is C17H17Cl2NO. The lowest BCUT2D eigenvalue weighted by Crippen LogP contribution is -2.30. The molecule has 21 heavy (non-hydrogen) atoms. The van der Waals surface area contributed by atoms with Crippen molar-refractivity contribution in [3.05, 3.63) is 63.6 Å². The molecule has 2 rings (SSSR count). The Bertz CT molecular complexity index is 655. The van der Waals surface area contributed by atoms with Crippen LogP contribution in [0.5, 0.6) is 0 Å². The minimum absolute atomic E-state index is 0.0346. The van der Waals surface area contributed by atoms with Crippen LogP contribution >= 0.6 is 23.2 Å². The Balaban J connectivity index is 2.25. The molecule has 0 radical (unpaired) electrons. The number of carbonyl (C=O) groups excluding carboxylic acids is 1. The van der Waals surface area contributed by atoms with Crippen molar-refractivity contribution in [3.63, 3.8) is 0 Å². The number of hydrogen-bond acceptors (Lipinski definition) is 2. The first kappa shape index (κ1) is 15.9. The first-order chi connectivity index (χ1) is 10.0. The fourth-order valence-electron chi connectivity index (χ4n) is 2.26. The van der Waals surface area contributed by atoms with Crippen LogP contribution in [0.3, 0.4) is 0 Å². The first-order valence-electron chi connectivity index (χ1n) is 6.81. The van der Waals surface area contributed by atoms with Gasteiger partial charge in [0.15, 0.2) is 5.78 Å². The topological polar surface area (TPSA) is 20.3 Å². The molecule has 0 bridgehead atoms. The van der Waals surface area contributed by atoms with Crippen molar-refractivity contribution < 1.29 is 4.79 Å². The number of aryl methyl sites for hydroxylation is 1. The molecule has 0 unspecified atom stereocenters. The predicted octanol–water partition coefficient (Wildman–Crippen LogP) is 5.01. The van der Waals surface area contributed by atoms with Crippen molar-refractivity contribution in [1.29, 1.82) is 0 Å². The fourth-order valence-corrected chi connectivity index (χ4v) is 2.65. The van der Waals surface area contributed by atoms with E-state index in [-0.39, 0.29) is 12.3 Å². The number of carbonyl (C=O) groups is 1. The van der Waals surface area contributed by atoms with E-state index in [0.29, 0.717) is 15.6 Å². The lowest BCUT2D eigenvalue weighted by Gasteiger charge is -2.24. The van der Waals surface area contributed by atoms with E-state index in [9.17, 15) is 4.79 Å². The van der Waals surface area contributed by atoms with Gasteiger partial charge in [-0.25, -0.2) is 0 Å². The maximum absolute atomic E-state index is 12.5. The summed E-state index contributed by atoms with van der Waals surface area (Å²) < 4.78 is 0. The minimum atomic E-state index is -0.0346. The smallest absolute Gasteiger partial charge is 0.183 e. The summed E-state index contributed by atoms with van der Waals surface area (Å²) in [5.41, 5.74) is 2.67. The summed E-state index contributed by atoms with van der Waals surface area (Å²) in [6.07, 6.45) is 0. The largest absolute Gasteiger partial charge is 0.364 e. The lowest BCUT2D eigenvalue weighted by molar-refractivity contribution is 0.0999. The number of Topliss-reactive ketones (excluding diaryl/α,β-unsaturated/α-hetero) is 1. The van der Waals surface area contributed by atoms with Gasteiger partial charge in [-0.2, -0.15) is 0 Å². The van der Waals surface area contributed by atoms with E-state index in [4.69, 9.17) is 23.2 Å². The third-order valence-corrected chi connectivity index (χ3v) is 3.97. The number of nitrogens with zero attached hydrogens (tertiary/aromatic N) is 1. The second-order valence-electron chi connectivity index (χ2n) is 4.85. The Labute approximate surface area is 135 Å². The first-order valence-corrected chi connectivity index (χ1v) is 7.57. The number of para-hydroxylation sites is 1. The molecule has 110 valence electrons. The number of benzene rings is 2. The molecule has 2 nitrogen and oxygen atoms in total. The molecule has 0 N–H and O–H groups in total. The highest BCUT2D eigenvalue weighted by molar-refractivity contribution is 6.36. The van der Waals surface area contributed by atoms with Gasteiger partial charge in [0.05, 0.1) is 11.6 Å². The van der Waals surface area contributed by atoms with Crippen LogP contribution in [0, 0.1) is 6.92 Å². The van der Waals surface area contributed by atoms with Crippen LogP contribution in [0.2, 0.25) is 10.0 Å². The van der Waals surface area contributed by atoms with Gasteiger partial charge in [-0.15, -0.1) is 0 Å². The summed E-state index contributed by atoms with van der Waals surface area (Å²) in [6.45, 7) is 5.09. The van der Waals surface area contributed by atoms with Crippen LogP contribution in [0.1, 0.15) is 22.8 Å². The zero-order valence-electron chi connectivity index (χ0n) is 12.1. The fraction of sp³-hybridized carbons (Fsp3) is 0.235. The highest BCUT2D eigenvalue weighted by Crippen LogP contribution is 2.23. The average molecular weight is 322 g/mol. The zero-order valence-corrected chi connectivity index (χ0v) is 13.6. The van der Waals surface area contributed by atoms with Gasteiger partial charge in [0.1, 0.15) is 0 Å². The molecule has 2 aromatic carbocycles.